The molecule has 1 atom stereocenters. The molecule has 1 heterocycles. The highest BCUT2D eigenvalue weighted by atomic mass is 35.5. The Hall–Kier alpha value is -2.11. The lowest BCUT2D eigenvalue weighted by molar-refractivity contribution is -0.121. The lowest BCUT2D eigenvalue weighted by atomic mass is 10.0. The zero-order chi connectivity index (χ0) is 17.5. The smallest absolute Gasteiger partial charge is 0.220 e. The number of rotatable bonds is 7. The van der Waals surface area contributed by atoms with Crippen LogP contribution in [-0.4, -0.2) is 19.0 Å². The van der Waals surface area contributed by atoms with Crippen LogP contribution in [0.5, 0.6) is 11.5 Å². The van der Waals surface area contributed by atoms with E-state index in [9.17, 15) is 9.18 Å². The Balaban J connectivity index is 0.00000243. The van der Waals surface area contributed by atoms with E-state index in [0.717, 1.165) is 25.1 Å². The largest absolute Gasteiger partial charge is 0.457 e. The summed E-state index contributed by atoms with van der Waals surface area (Å²) in [7, 11) is 0. The first kappa shape index (κ1) is 20.2. The highest BCUT2D eigenvalue weighted by Crippen LogP contribution is 2.22. The van der Waals surface area contributed by atoms with Crippen molar-refractivity contribution >= 4 is 18.3 Å². The van der Waals surface area contributed by atoms with Gasteiger partial charge in [0.2, 0.25) is 5.91 Å². The summed E-state index contributed by atoms with van der Waals surface area (Å²) in [6.45, 7) is 2.61. The quantitative estimate of drug-likeness (QED) is 0.764. The van der Waals surface area contributed by atoms with Gasteiger partial charge in [0.15, 0.2) is 0 Å². The third-order valence-corrected chi connectivity index (χ3v) is 4.40. The molecule has 140 valence electrons. The van der Waals surface area contributed by atoms with Crippen molar-refractivity contribution < 1.29 is 13.9 Å². The molecule has 2 aromatic rings. The van der Waals surface area contributed by atoms with E-state index in [1.807, 2.05) is 24.3 Å². The predicted molar refractivity (Wildman–Crippen MR) is 102 cm³/mol. The first-order chi connectivity index (χ1) is 12.2. The van der Waals surface area contributed by atoms with E-state index in [-0.39, 0.29) is 24.1 Å². The van der Waals surface area contributed by atoms with E-state index in [4.69, 9.17) is 4.74 Å². The van der Waals surface area contributed by atoms with E-state index in [0.29, 0.717) is 30.4 Å². The maximum absolute atomic E-state index is 12.9. The second kappa shape index (κ2) is 10.1. The third-order valence-electron chi connectivity index (χ3n) is 4.40. The van der Waals surface area contributed by atoms with Crippen LogP contribution in [0.3, 0.4) is 0 Å². The van der Waals surface area contributed by atoms with Crippen LogP contribution in [0, 0.1) is 11.7 Å². The van der Waals surface area contributed by atoms with E-state index in [1.54, 1.807) is 12.1 Å². The molecule has 1 aliphatic rings. The highest BCUT2D eigenvalue weighted by Gasteiger charge is 2.15. The van der Waals surface area contributed by atoms with Crippen molar-refractivity contribution in [3.8, 4) is 11.5 Å². The number of benzene rings is 2. The van der Waals surface area contributed by atoms with E-state index in [1.165, 1.54) is 18.6 Å². The number of ether oxygens (including phenoxy) is 1. The second-order valence-electron chi connectivity index (χ2n) is 6.37. The van der Waals surface area contributed by atoms with E-state index >= 15 is 0 Å². The molecule has 26 heavy (non-hydrogen) atoms. The molecule has 3 rings (SSSR count). The van der Waals surface area contributed by atoms with Crippen molar-refractivity contribution in [3.63, 3.8) is 0 Å². The van der Waals surface area contributed by atoms with Gasteiger partial charge in [0.05, 0.1) is 0 Å². The fourth-order valence-corrected chi connectivity index (χ4v) is 2.90. The van der Waals surface area contributed by atoms with Crippen LogP contribution in [0.25, 0.3) is 0 Å². The van der Waals surface area contributed by atoms with Gasteiger partial charge in [0.1, 0.15) is 17.3 Å². The molecule has 2 N–H and O–H groups in total. The number of nitrogens with one attached hydrogen (secondary N) is 2. The number of halogens is 2. The average molecular weight is 379 g/mol. The molecule has 1 fully saturated rings. The Morgan fingerprint density at radius 1 is 1.12 bits per heavy atom. The van der Waals surface area contributed by atoms with Crippen molar-refractivity contribution in [1.29, 1.82) is 0 Å². The molecule has 0 radical (unpaired) electrons. The van der Waals surface area contributed by atoms with Crippen molar-refractivity contribution in [2.24, 2.45) is 5.92 Å². The van der Waals surface area contributed by atoms with Gasteiger partial charge in [-0.05, 0) is 73.8 Å². The summed E-state index contributed by atoms with van der Waals surface area (Å²) in [6, 6.07) is 13.4. The third kappa shape index (κ3) is 6.32. The molecule has 6 heteroatoms. The predicted octanol–water partition coefficient (Wildman–Crippen LogP) is 4.05. The van der Waals surface area contributed by atoms with E-state index < -0.39 is 0 Å². The molecule has 0 aliphatic carbocycles. The number of carbonyl (C=O) groups is 1. The van der Waals surface area contributed by atoms with Gasteiger partial charge in [-0.2, -0.15) is 0 Å². The summed E-state index contributed by atoms with van der Waals surface area (Å²) in [5.41, 5.74) is 1.02. The maximum atomic E-state index is 12.9. The normalized spacial score (nSPS) is 16.0. The second-order valence-corrected chi connectivity index (χ2v) is 6.37. The standard InChI is InChI=1S/C20H23FN2O2.ClH/c21-17-4-8-19(9-5-17)25-18-6-1-15(2-7-18)14-23-20(24)10-3-16-11-12-22-13-16;/h1-2,4-9,16,22H,3,10-14H2,(H,23,24);1H. The molecule has 0 saturated carbocycles. The minimum Gasteiger partial charge on any atom is -0.457 e. The van der Waals surface area contributed by atoms with Crippen LogP contribution in [0.1, 0.15) is 24.8 Å². The highest BCUT2D eigenvalue weighted by molar-refractivity contribution is 5.85. The first-order valence-electron chi connectivity index (χ1n) is 8.69. The number of hydrogen-bond acceptors (Lipinski definition) is 3. The van der Waals surface area contributed by atoms with Gasteiger partial charge >= 0.3 is 0 Å². The van der Waals surface area contributed by atoms with Gasteiger partial charge in [-0.15, -0.1) is 12.4 Å². The molecule has 0 spiro atoms. The summed E-state index contributed by atoms with van der Waals surface area (Å²) in [5, 5.41) is 6.27. The number of hydrogen-bond donors (Lipinski definition) is 2. The van der Waals surface area contributed by atoms with Crippen molar-refractivity contribution in [1.82, 2.24) is 10.6 Å². The van der Waals surface area contributed by atoms with Crippen molar-refractivity contribution in [3.05, 3.63) is 59.9 Å². The van der Waals surface area contributed by atoms with Gasteiger partial charge in [0, 0.05) is 13.0 Å². The Labute approximate surface area is 159 Å². The van der Waals surface area contributed by atoms with Gasteiger partial charge in [0.25, 0.3) is 0 Å². The SMILES string of the molecule is Cl.O=C(CCC1CCNC1)NCc1ccc(Oc2ccc(F)cc2)cc1. The average Bonchev–Trinajstić information content (AvgIpc) is 3.15. The molecule has 1 saturated heterocycles. The van der Waals surface area contributed by atoms with Gasteiger partial charge in [-0.1, -0.05) is 12.1 Å². The number of amides is 1. The summed E-state index contributed by atoms with van der Waals surface area (Å²) in [4.78, 5) is 11.9. The zero-order valence-corrected chi connectivity index (χ0v) is 15.4. The van der Waals surface area contributed by atoms with Crippen molar-refractivity contribution in [2.75, 3.05) is 13.1 Å². The molecule has 1 unspecified atom stereocenters. The van der Waals surface area contributed by atoms with Crippen LogP contribution in [-0.2, 0) is 11.3 Å². The van der Waals surface area contributed by atoms with Gasteiger partial charge in [-0.25, -0.2) is 4.39 Å². The Bertz CT molecular complexity index is 686. The fraction of sp³-hybridized carbons (Fsp3) is 0.350. The zero-order valence-electron chi connectivity index (χ0n) is 14.5. The monoisotopic (exact) mass is 378 g/mol. The Morgan fingerprint density at radius 3 is 2.38 bits per heavy atom. The molecule has 0 aromatic heterocycles. The molecular weight excluding hydrogens is 355 g/mol. The van der Waals surface area contributed by atoms with Gasteiger partial charge < -0.3 is 15.4 Å². The topological polar surface area (TPSA) is 50.4 Å². The lowest BCUT2D eigenvalue weighted by Gasteiger charge is -2.10. The summed E-state index contributed by atoms with van der Waals surface area (Å²) in [5.74, 6) is 1.70. The Kier molecular flexibility index (Phi) is 7.88. The van der Waals surface area contributed by atoms with Crippen molar-refractivity contribution in [2.45, 2.75) is 25.8 Å². The van der Waals surface area contributed by atoms with Crippen LogP contribution >= 0.6 is 12.4 Å². The van der Waals surface area contributed by atoms with Crippen LogP contribution in [0.2, 0.25) is 0 Å². The first-order valence-corrected chi connectivity index (χ1v) is 8.69. The molecule has 1 aliphatic heterocycles. The summed E-state index contributed by atoms with van der Waals surface area (Å²) < 4.78 is 18.5. The Morgan fingerprint density at radius 2 is 1.77 bits per heavy atom. The molecular formula is C20H24ClFN2O2. The minimum atomic E-state index is -0.289. The fourth-order valence-electron chi connectivity index (χ4n) is 2.90. The minimum absolute atomic E-state index is 0. The summed E-state index contributed by atoms with van der Waals surface area (Å²) >= 11 is 0. The van der Waals surface area contributed by atoms with Gasteiger partial charge in [-0.3, -0.25) is 4.79 Å². The van der Waals surface area contributed by atoms with Crippen LogP contribution < -0.4 is 15.4 Å². The maximum Gasteiger partial charge on any atom is 0.220 e. The molecule has 0 bridgehead atoms. The molecule has 2 aromatic carbocycles. The van der Waals surface area contributed by atoms with Crippen LogP contribution in [0.4, 0.5) is 4.39 Å². The van der Waals surface area contributed by atoms with Crippen LogP contribution in [0.15, 0.2) is 48.5 Å². The summed E-state index contributed by atoms with van der Waals surface area (Å²) in [6.07, 6.45) is 2.70. The molecule has 4 nitrogen and oxygen atoms in total. The lowest BCUT2D eigenvalue weighted by Crippen LogP contribution is -2.23. The molecule has 1 amide bonds. The number of carbonyl (C=O) groups excluding carboxylic acids is 1. The van der Waals surface area contributed by atoms with E-state index in [2.05, 4.69) is 10.6 Å².